The van der Waals surface area contributed by atoms with Gasteiger partial charge in [-0.2, -0.15) is 0 Å². The van der Waals surface area contributed by atoms with Gasteiger partial charge >= 0.3 is 7.71 Å². The summed E-state index contributed by atoms with van der Waals surface area (Å²) in [7, 11) is -9.82. The summed E-state index contributed by atoms with van der Waals surface area (Å²) in [4.78, 5) is 0. The molecule has 0 radical (unpaired) electrons. The molecule has 0 N–H and O–H groups in total. The Kier molecular flexibility index (Phi) is 19.2. The highest BCUT2D eigenvalue weighted by molar-refractivity contribution is 7.85. The van der Waals surface area contributed by atoms with Gasteiger partial charge in [0.1, 0.15) is 6.66 Å². The standard InChI is InChI=1S/C46H93N12P4.CH4/c1-59(47-60(50-29-11-2-12-30-50,51-31-13-3-14-32-51)52-33-15-4-16-34-52,48-61(53-35-17-5-18-36-53,54-37-19-6-20-38-54)55-39-21-7-22-40-55)49-62(56-41-23-8-24-42-56,57-43-25-9-26-44-57)58-45-27-10-28-46-58;/h2-46H2,1H3;1H4/q+1;. The molecule has 63 heavy (non-hydrogen) atoms. The monoisotopic (exact) mass is 954 g/mol. The van der Waals surface area contributed by atoms with Crippen molar-refractivity contribution in [3.63, 3.8) is 0 Å². The SMILES string of the molecule is C.C[P+](N=P(N1CCCCC1)(N1CCCCC1)N1CCCCC1)(N=P(N1CCCCC1)(N1CCCCC1)N1CCCCC1)N=P(N1CCCCC1)(N1CCCCC1)N1CCCCC1. The van der Waals surface area contributed by atoms with Crippen LogP contribution in [0.15, 0.2) is 13.5 Å². The molecular formula is C47H97N12P4+. The molecule has 0 bridgehead atoms. The molecule has 9 aliphatic heterocycles. The summed E-state index contributed by atoms with van der Waals surface area (Å²) in [5, 5.41) is 0. The molecule has 0 aromatic rings. The summed E-state index contributed by atoms with van der Waals surface area (Å²) in [6.45, 7) is 24.4. The van der Waals surface area contributed by atoms with E-state index in [-0.39, 0.29) is 7.43 Å². The van der Waals surface area contributed by atoms with Crippen molar-refractivity contribution in [3.8, 4) is 0 Å². The van der Waals surface area contributed by atoms with Crippen LogP contribution < -0.4 is 0 Å². The zero-order valence-electron chi connectivity index (χ0n) is 40.0. The fourth-order valence-corrected chi connectivity index (χ4v) is 34.7. The van der Waals surface area contributed by atoms with Crippen LogP contribution in [0.5, 0.6) is 0 Å². The molecule has 0 aromatic carbocycles. The molecule has 0 saturated carbocycles. The van der Waals surface area contributed by atoms with Crippen molar-refractivity contribution >= 4 is 30.2 Å². The van der Waals surface area contributed by atoms with Gasteiger partial charge in [0.05, 0.1) is 0 Å². The predicted molar refractivity (Wildman–Crippen MR) is 276 cm³/mol. The first-order valence-electron chi connectivity index (χ1n) is 27.1. The van der Waals surface area contributed by atoms with Crippen molar-refractivity contribution in [2.75, 3.05) is 124 Å². The van der Waals surface area contributed by atoms with Crippen molar-refractivity contribution in [1.82, 2.24) is 42.0 Å². The summed E-state index contributed by atoms with van der Waals surface area (Å²) in [5.74, 6) is 0. The first kappa shape index (κ1) is 50.2. The highest BCUT2D eigenvalue weighted by atomic mass is 31.3. The average molecular weight is 954 g/mol. The Morgan fingerprint density at radius 2 is 0.333 bits per heavy atom. The Bertz CT molecular complexity index is 1210. The minimum absolute atomic E-state index is 0. The van der Waals surface area contributed by atoms with Crippen LogP contribution in [0.4, 0.5) is 0 Å². The molecule has 9 heterocycles. The zero-order chi connectivity index (χ0) is 42.1. The Morgan fingerprint density at radius 3 is 0.444 bits per heavy atom. The van der Waals surface area contributed by atoms with Crippen LogP contribution in [0.2, 0.25) is 0 Å². The van der Waals surface area contributed by atoms with Gasteiger partial charge in [-0.25, -0.2) is 42.0 Å². The Labute approximate surface area is 389 Å². The van der Waals surface area contributed by atoms with Gasteiger partial charge in [-0.05, 0) is 129 Å². The lowest BCUT2D eigenvalue weighted by atomic mass is 10.2. The largest absolute Gasteiger partial charge is 0.369 e. The highest BCUT2D eigenvalue weighted by Crippen LogP contribution is 2.83. The fourth-order valence-electron chi connectivity index (χ4n) is 13.2. The second kappa shape index (κ2) is 24.1. The van der Waals surface area contributed by atoms with E-state index in [0.717, 1.165) is 0 Å². The molecule has 364 valence electrons. The highest BCUT2D eigenvalue weighted by Gasteiger charge is 2.56. The van der Waals surface area contributed by atoms with Crippen molar-refractivity contribution in [2.24, 2.45) is 13.5 Å². The lowest BCUT2D eigenvalue weighted by Crippen LogP contribution is -2.47. The van der Waals surface area contributed by atoms with Crippen molar-refractivity contribution in [3.05, 3.63) is 0 Å². The van der Waals surface area contributed by atoms with E-state index in [2.05, 4.69) is 48.7 Å². The normalized spacial score (nSPS) is 28.3. The quantitative estimate of drug-likeness (QED) is 0.178. The van der Waals surface area contributed by atoms with E-state index in [9.17, 15) is 0 Å². The third kappa shape index (κ3) is 11.1. The second-order valence-corrected chi connectivity index (χ2v) is 33.1. The third-order valence-corrected chi connectivity index (χ3v) is 33.7. The molecule has 12 nitrogen and oxygen atoms in total. The molecule has 9 fully saturated rings. The van der Waals surface area contributed by atoms with Crippen LogP contribution in [0.25, 0.3) is 0 Å². The van der Waals surface area contributed by atoms with E-state index < -0.39 is 30.2 Å². The Hall–Kier alpha value is 0.760. The van der Waals surface area contributed by atoms with Gasteiger partial charge in [0.2, 0.25) is 22.5 Å². The van der Waals surface area contributed by atoms with Crippen LogP contribution in [0.3, 0.4) is 0 Å². The number of rotatable bonds is 12. The maximum absolute atomic E-state index is 7.11. The van der Waals surface area contributed by atoms with Gasteiger partial charge in [-0.3, -0.25) is 0 Å². The van der Waals surface area contributed by atoms with Gasteiger partial charge in [0.15, 0.2) is 0 Å². The van der Waals surface area contributed by atoms with Crippen LogP contribution in [0.1, 0.15) is 181 Å². The summed E-state index contributed by atoms with van der Waals surface area (Å²) in [6.07, 6.45) is 36.1. The average Bonchev–Trinajstić information content (AvgIpc) is 3.37. The smallest absolute Gasteiger partial charge is 0.243 e. The van der Waals surface area contributed by atoms with E-state index >= 15 is 0 Å². The number of nitrogens with zero attached hydrogens (tertiary/aromatic N) is 12. The molecule has 0 atom stereocenters. The molecule has 0 unspecified atom stereocenters. The van der Waals surface area contributed by atoms with E-state index in [0.29, 0.717) is 0 Å². The molecule has 0 aliphatic carbocycles. The van der Waals surface area contributed by atoms with Gasteiger partial charge in [-0.1, -0.05) is 65.2 Å². The van der Waals surface area contributed by atoms with Crippen LogP contribution in [-0.2, 0) is 0 Å². The molecule has 9 rings (SSSR count). The minimum atomic E-state index is -2.79. The van der Waals surface area contributed by atoms with Crippen molar-refractivity contribution in [2.45, 2.75) is 181 Å². The van der Waals surface area contributed by atoms with Gasteiger partial charge in [0, 0.05) is 118 Å². The topological polar surface area (TPSA) is 66.2 Å². The van der Waals surface area contributed by atoms with Crippen LogP contribution in [0, 0.1) is 0 Å². The van der Waals surface area contributed by atoms with E-state index in [1.54, 1.807) is 0 Å². The van der Waals surface area contributed by atoms with Gasteiger partial charge in [0.25, 0.3) is 0 Å². The lowest BCUT2D eigenvalue weighted by Gasteiger charge is -2.53. The lowest BCUT2D eigenvalue weighted by molar-refractivity contribution is 0.246. The molecule has 9 aliphatic rings. The zero-order valence-corrected chi connectivity index (χ0v) is 43.6. The molecular weight excluding hydrogens is 856 g/mol. The van der Waals surface area contributed by atoms with Gasteiger partial charge in [-0.15, -0.1) is 0 Å². The molecule has 9 saturated heterocycles. The maximum atomic E-state index is 7.11. The second-order valence-electron chi connectivity index (χ2n) is 20.9. The molecule has 0 amide bonds. The number of hydrogen-bond donors (Lipinski definition) is 0. The maximum Gasteiger partial charge on any atom is 0.369 e. The summed E-state index contributed by atoms with van der Waals surface area (Å²) in [6, 6.07) is 0. The third-order valence-electron chi connectivity index (χ3n) is 16.3. The first-order valence-corrected chi connectivity index (χ1v) is 34.0. The molecule has 16 heteroatoms. The fraction of sp³-hybridized carbons (Fsp3) is 1.00. The van der Waals surface area contributed by atoms with E-state index in [4.69, 9.17) is 13.5 Å². The summed E-state index contributed by atoms with van der Waals surface area (Å²) >= 11 is 0. The van der Waals surface area contributed by atoms with Crippen molar-refractivity contribution in [1.29, 1.82) is 0 Å². The molecule has 0 spiro atoms. The Morgan fingerprint density at radius 1 is 0.222 bits per heavy atom. The predicted octanol–water partition coefficient (Wildman–Crippen LogP) is 13.2. The number of piperidine rings is 9. The van der Waals surface area contributed by atoms with Gasteiger partial charge < -0.3 is 0 Å². The van der Waals surface area contributed by atoms with E-state index in [1.807, 2.05) is 0 Å². The molecule has 0 aromatic heterocycles. The van der Waals surface area contributed by atoms with Crippen molar-refractivity contribution < 1.29 is 0 Å². The summed E-state index contributed by atoms with van der Waals surface area (Å²) < 4.78 is 49.0. The van der Waals surface area contributed by atoms with E-state index in [1.165, 1.54) is 291 Å². The Balaban J connectivity index is 0.00000544. The van der Waals surface area contributed by atoms with Crippen LogP contribution in [-0.4, -0.2) is 167 Å². The van der Waals surface area contributed by atoms with Crippen LogP contribution >= 0.6 is 30.2 Å². The first-order chi connectivity index (χ1) is 30.6. The minimum Gasteiger partial charge on any atom is -0.243 e. The summed E-state index contributed by atoms with van der Waals surface area (Å²) in [5.41, 5.74) is 0. The number of hydrogen-bond acceptors (Lipinski definition) is 3.